The number of amides is 1. The van der Waals surface area contributed by atoms with E-state index in [0.29, 0.717) is 13.0 Å². The van der Waals surface area contributed by atoms with Crippen molar-refractivity contribution in [3.63, 3.8) is 0 Å². The van der Waals surface area contributed by atoms with Crippen LogP contribution in [0, 0.1) is 0 Å². The summed E-state index contributed by atoms with van der Waals surface area (Å²) in [6, 6.07) is 17.6. The summed E-state index contributed by atoms with van der Waals surface area (Å²) in [6.45, 7) is 0.642. The molecule has 1 atom stereocenters. The van der Waals surface area contributed by atoms with Crippen molar-refractivity contribution < 1.29 is 9.53 Å². The number of methoxy groups -OCH3 is 1. The Balaban J connectivity index is 1.50. The quantitative estimate of drug-likeness (QED) is 0.569. The first-order valence-corrected chi connectivity index (χ1v) is 10.0. The van der Waals surface area contributed by atoms with Crippen molar-refractivity contribution in [3.8, 4) is 5.75 Å². The molecule has 0 radical (unpaired) electrons. The van der Waals surface area contributed by atoms with Gasteiger partial charge < -0.3 is 14.6 Å². The molecule has 30 heavy (non-hydrogen) atoms. The third kappa shape index (κ3) is 3.20. The van der Waals surface area contributed by atoms with E-state index in [4.69, 9.17) is 4.74 Å². The van der Waals surface area contributed by atoms with Crippen LogP contribution in [0.25, 0.3) is 10.9 Å². The summed E-state index contributed by atoms with van der Waals surface area (Å²) in [5.41, 5.74) is 4.85. The SMILES string of the molecule is COc1ccc([C@@H]2c3nc[nH]c3CCN2C(=O)Cc2cccc3cccnc23)cc1. The molecule has 6 nitrogen and oxygen atoms in total. The smallest absolute Gasteiger partial charge is 0.227 e. The average molecular weight is 398 g/mol. The van der Waals surface area contributed by atoms with Gasteiger partial charge in [-0.05, 0) is 29.3 Å². The lowest BCUT2D eigenvalue weighted by atomic mass is 9.94. The number of H-pyrrole nitrogens is 1. The van der Waals surface area contributed by atoms with E-state index in [1.807, 2.05) is 59.5 Å². The molecule has 0 bridgehead atoms. The van der Waals surface area contributed by atoms with Gasteiger partial charge in [0, 0.05) is 30.2 Å². The molecule has 0 spiro atoms. The number of pyridine rings is 1. The number of imidazole rings is 1. The number of carbonyl (C=O) groups is 1. The van der Waals surface area contributed by atoms with Crippen LogP contribution in [0.1, 0.15) is 28.6 Å². The lowest BCUT2D eigenvalue weighted by Gasteiger charge is -2.35. The van der Waals surface area contributed by atoms with E-state index >= 15 is 0 Å². The Labute approximate surface area is 174 Å². The molecule has 5 rings (SSSR count). The molecule has 0 saturated heterocycles. The first-order valence-electron chi connectivity index (χ1n) is 10.0. The van der Waals surface area contributed by atoms with Gasteiger partial charge in [-0.2, -0.15) is 0 Å². The summed E-state index contributed by atoms with van der Waals surface area (Å²) in [7, 11) is 1.65. The Morgan fingerprint density at radius 2 is 1.97 bits per heavy atom. The van der Waals surface area contributed by atoms with Gasteiger partial charge in [0.2, 0.25) is 5.91 Å². The number of aromatic nitrogens is 3. The zero-order chi connectivity index (χ0) is 20.5. The number of fused-ring (bicyclic) bond motifs is 2. The van der Waals surface area contributed by atoms with Crippen molar-refractivity contribution in [2.75, 3.05) is 13.7 Å². The summed E-state index contributed by atoms with van der Waals surface area (Å²) >= 11 is 0. The van der Waals surface area contributed by atoms with Gasteiger partial charge in [-0.25, -0.2) is 4.98 Å². The molecule has 4 aromatic rings. The van der Waals surface area contributed by atoms with E-state index in [-0.39, 0.29) is 11.9 Å². The van der Waals surface area contributed by atoms with Crippen molar-refractivity contribution in [2.45, 2.75) is 18.9 Å². The van der Waals surface area contributed by atoms with Crippen LogP contribution in [0.5, 0.6) is 5.75 Å². The number of hydrogen-bond acceptors (Lipinski definition) is 4. The van der Waals surface area contributed by atoms with Crippen LogP contribution in [0.2, 0.25) is 0 Å². The molecular formula is C24H22N4O2. The molecule has 1 aliphatic rings. The molecule has 6 heteroatoms. The number of nitrogens with zero attached hydrogens (tertiary/aromatic N) is 3. The normalized spacial score (nSPS) is 15.8. The van der Waals surface area contributed by atoms with Gasteiger partial charge in [-0.1, -0.05) is 36.4 Å². The predicted molar refractivity (Wildman–Crippen MR) is 114 cm³/mol. The Bertz CT molecular complexity index is 1190. The fourth-order valence-electron chi connectivity index (χ4n) is 4.24. The second-order valence-corrected chi connectivity index (χ2v) is 7.45. The van der Waals surface area contributed by atoms with E-state index in [1.165, 1.54) is 0 Å². The van der Waals surface area contributed by atoms with Crippen molar-refractivity contribution in [3.05, 3.63) is 89.6 Å². The van der Waals surface area contributed by atoms with Gasteiger partial charge in [0.1, 0.15) is 11.8 Å². The van der Waals surface area contributed by atoms with Gasteiger partial charge in [0.05, 0.1) is 31.1 Å². The van der Waals surface area contributed by atoms with Crippen LogP contribution in [-0.2, 0) is 17.6 Å². The van der Waals surface area contributed by atoms with E-state index in [2.05, 4.69) is 15.0 Å². The zero-order valence-electron chi connectivity index (χ0n) is 16.7. The molecule has 150 valence electrons. The number of nitrogens with one attached hydrogen (secondary N) is 1. The van der Waals surface area contributed by atoms with Gasteiger partial charge in [-0.15, -0.1) is 0 Å². The Morgan fingerprint density at radius 3 is 2.80 bits per heavy atom. The highest BCUT2D eigenvalue weighted by Crippen LogP contribution is 2.34. The third-order valence-corrected chi connectivity index (χ3v) is 5.73. The zero-order valence-corrected chi connectivity index (χ0v) is 16.7. The number of ether oxygens (including phenoxy) is 1. The van der Waals surface area contributed by atoms with Crippen molar-refractivity contribution >= 4 is 16.8 Å². The van der Waals surface area contributed by atoms with E-state index in [0.717, 1.165) is 45.6 Å². The van der Waals surface area contributed by atoms with Crippen LogP contribution in [-0.4, -0.2) is 39.4 Å². The lowest BCUT2D eigenvalue weighted by molar-refractivity contribution is -0.132. The number of carbonyl (C=O) groups excluding carboxylic acids is 1. The summed E-state index contributed by atoms with van der Waals surface area (Å²) in [5, 5.41) is 1.04. The van der Waals surface area contributed by atoms with Crippen molar-refractivity contribution in [2.24, 2.45) is 0 Å². The molecule has 0 saturated carbocycles. The molecule has 0 aliphatic carbocycles. The van der Waals surface area contributed by atoms with Crippen LogP contribution in [0.3, 0.4) is 0 Å². The van der Waals surface area contributed by atoms with E-state index in [1.54, 1.807) is 19.6 Å². The average Bonchev–Trinajstić information content (AvgIpc) is 3.28. The third-order valence-electron chi connectivity index (χ3n) is 5.73. The largest absolute Gasteiger partial charge is 0.497 e. The molecule has 2 aromatic heterocycles. The maximum absolute atomic E-state index is 13.5. The minimum absolute atomic E-state index is 0.0719. The monoisotopic (exact) mass is 398 g/mol. The second kappa shape index (κ2) is 7.63. The molecular weight excluding hydrogens is 376 g/mol. The summed E-state index contributed by atoms with van der Waals surface area (Å²) in [4.78, 5) is 27.7. The van der Waals surface area contributed by atoms with Crippen molar-refractivity contribution in [1.29, 1.82) is 0 Å². The minimum Gasteiger partial charge on any atom is -0.497 e. The predicted octanol–water partition coefficient (Wildman–Crippen LogP) is 3.68. The topological polar surface area (TPSA) is 71.1 Å². The molecule has 3 heterocycles. The summed E-state index contributed by atoms with van der Waals surface area (Å²) < 4.78 is 5.30. The number of benzene rings is 2. The molecule has 0 fully saturated rings. The number of aromatic amines is 1. The second-order valence-electron chi connectivity index (χ2n) is 7.45. The molecule has 0 unspecified atom stereocenters. The van der Waals surface area contributed by atoms with E-state index in [9.17, 15) is 4.79 Å². The molecule has 1 N–H and O–H groups in total. The van der Waals surface area contributed by atoms with E-state index < -0.39 is 0 Å². The molecule has 1 aliphatic heterocycles. The fourth-order valence-corrected chi connectivity index (χ4v) is 4.24. The minimum atomic E-state index is -0.221. The van der Waals surface area contributed by atoms with Gasteiger partial charge in [-0.3, -0.25) is 9.78 Å². The van der Waals surface area contributed by atoms with Crippen LogP contribution in [0.15, 0.2) is 67.1 Å². The summed E-state index contributed by atoms with van der Waals surface area (Å²) in [6.07, 6.45) is 4.55. The van der Waals surface area contributed by atoms with Gasteiger partial charge in [0.25, 0.3) is 0 Å². The standard InChI is InChI=1S/C24H22N4O2/c1-30-19-9-7-17(8-10-19)24-23-20(26-15-27-23)11-13-28(24)21(29)14-18-5-2-4-16-6-3-12-25-22(16)18/h2-10,12,15,24H,11,13-14H2,1H3,(H,26,27)/t24-/m1/s1. The highest BCUT2D eigenvalue weighted by Gasteiger charge is 2.34. The highest BCUT2D eigenvalue weighted by atomic mass is 16.5. The Morgan fingerprint density at radius 1 is 1.13 bits per heavy atom. The fraction of sp³-hybridized carbons (Fsp3) is 0.208. The van der Waals surface area contributed by atoms with Gasteiger partial charge >= 0.3 is 0 Å². The highest BCUT2D eigenvalue weighted by molar-refractivity contribution is 5.88. The molecule has 1 amide bonds. The van der Waals surface area contributed by atoms with Crippen LogP contribution in [0.4, 0.5) is 0 Å². The van der Waals surface area contributed by atoms with Crippen LogP contribution >= 0.6 is 0 Å². The maximum Gasteiger partial charge on any atom is 0.227 e. The number of rotatable bonds is 4. The summed E-state index contributed by atoms with van der Waals surface area (Å²) in [5.74, 6) is 0.860. The first-order chi connectivity index (χ1) is 14.7. The number of hydrogen-bond donors (Lipinski definition) is 1. The number of para-hydroxylation sites is 1. The van der Waals surface area contributed by atoms with Crippen LogP contribution < -0.4 is 4.74 Å². The molecule has 2 aromatic carbocycles. The first kappa shape index (κ1) is 18.4. The van der Waals surface area contributed by atoms with Crippen molar-refractivity contribution in [1.82, 2.24) is 19.9 Å². The maximum atomic E-state index is 13.5. The Hall–Kier alpha value is -3.67. The Kier molecular flexibility index (Phi) is 4.67. The van der Waals surface area contributed by atoms with Gasteiger partial charge in [0.15, 0.2) is 0 Å². The lowest BCUT2D eigenvalue weighted by Crippen LogP contribution is -2.41.